The van der Waals surface area contributed by atoms with Crippen LogP contribution in [-0.4, -0.2) is 23.9 Å². The van der Waals surface area contributed by atoms with Gasteiger partial charge >= 0.3 is 0 Å². The molecule has 19 heavy (non-hydrogen) atoms. The van der Waals surface area contributed by atoms with Crippen LogP contribution in [0.1, 0.15) is 17.5 Å². The van der Waals surface area contributed by atoms with Gasteiger partial charge in [-0.2, -0.15) is 0 Å². The van der Waals surface area contributed by atoms with Gasteiger partial charge in [-0.25, -0.2) is 0 Å². The van der Waals surface area contributed by atoms with Gasteiger partial charge in [0.05, 0.1) is 13.7 Å². The summed E-state index contributed by atoms with van der Waals surface area (Å²) in [7, 11) is 1.63. The van der Waals surface area contributed by atoms with Crippen molar-refractivity contribution < 1.29 is 9.47 Å². The fourth-order valence-corrected chi connectivity index (χ4v) is 2.16. The Bertz CT molecular complexity index is 581. The number of aromatic nitrogens is 2. The molecular formula is C13H15N3O2S. The molecule has 0 aliphatic rings. The Morgan fingerprint density at radius 2 is 2.16 bits per heavy atom. The third kappa shape index (κ3) is 3.23. The largest absolute Gasteiger partial charge is 0.496 e. The lowest BCUT2D eigenvalue weighted by Crippen LogP contribution is -1.93. The Labute approximate surface area is 115 Å². The van der Waals surface area contributed by atoms with Crippen molar-refractivity contribution >= 4 is 28.3 Å². The number of ether oxygens (including phenoxy) is 2. The first kappa shape index (κ1) is 13.4. The van der Waals surface area contributed by atoms with Crippen LogP contribution in [0.25, 0.3) is 11.8 Å². The van der Waals surface area contributed by atoms with Crippen molar-refractivity contribution in [2.45, 2.75) is 6.92 Å². The van der Waals surface area contributed by atoms with Crippen LogP contribution in [0.5, 0.6) is 5.75 Å². The Balaban J connectivity index is 2.40. The Morgan fingerprint density at radius 3 is 2.79 bits per heavy atom. The molecule has 0 aliphatic heterocycles. The third-order valence-corrected chi connectivity index (χ3v) is 3.14. The highest BCUT2D eigenvalue weighted by molar-refractivity contribution is 7.16. The van der Waals surface area contributed by atoms with E-state index in [1.165, 1.54) is 11.3 Å². The number of para-hydroxylation sites is 1. The highest BCUT2D eigenvalue weighted by atomic mass is 32.1. The van der Waals surface area contributed by atoms with Crippen molar-refractivity contribution in [3.05, 3.63) is 34.8 Å². The van der Waals surface area contributed by atoms with Gasteiger partial charge in [0.2, 0.25) is 5.13 Å². The van der Waals surface area contributed by atoms with Crippen LogP contribution < -0.4 is 10.5 Å². The second-order valence-electron chi connectivity index (χ2n) is 3.63. The van der Waals surface area contributed by atoms with Gasteiger partial charge in [-0.15, -0.1) is 10.2 Å². The number of benzene rings is 1. The van der Waals surface area contributed by atoms with E-state index in [4.69, 9.17) is 15.2 Å². The number of hydrogen-bond donors (Lipinski definition) is 1. The molecule has 1 heterocycles. The van der Waals surface area contributed by atoms with E-state index in [0.29, 0.717) is 22.5 Å². The monoisotopic (exact) mass is 277 g/mol. The first-order valence-electron chi connectivity index (χ1n) is 5.81. The van der Waals surface area contributed by atoms with Gasteiger partial charge in [-0.1, -0.05) is 29.5 Å². The molecule has 0 fully saturated rings. The van der Waals surface area contributed by atoms with Crippen LogP contribution in [-0.2, 0) is 4.74 Å². The van der Waals surface area contributed by atoms with E-state index in [0.717, 1.165) is 11.3 Å². The van der Waals surface area contributed by atoms with Gasteiger partial charge in [-0.05, 0) is 19.1 Å². The normalized spacial score (nSPS) is 11.4. The highest BCUT2D eigenvalue weighted by Gasteiger charge is 2.10. The summed E-state index contributed by atoms with van der Waals surface area (Å²) in [5.74, 6) is 1.42. The fraction of sp³-hybridized carbons (Fsp3) is 0.231. The van der Waals surface area contributed by atoms with E-state index >= 15 is 0 Å². The molecule has 1 aromatic carbocycles. The van der Waals surface area contributed by atoms with Gasteiger partial charge in [0.15, 0.2) is 10.8 Å². The molecule has 1 aromatic heterocycles. The first-order valence-corrected chi connectivity index (χ1v) is 6.63. The van der Waals surface area contributed by atoms with E-state index in [9.17, 15) is 0 Å². The van der Waals surface area contributed by atoms with Gasteiger partial charge in [-0.3, -0.25) is 0 Å². The molecule has 6 heteroatoms. The molecule has 0 bridgehead atoms. The zero-order valence-corrected chi connectivity index (χ0v) is 11.6. The SMILES string of the molecule is CCO/C(=C\c1ccccc1OC)c1nnc(N)s1. The molecule has 2 rings (SSSR count). The molecule has 100 valence electrons. The lowest BCUT2D eigenvalue weighted by atomic mass is 10.2. The van der Waals surface area contributed by atoms with E-state index < -0.39 is 0 Å². The minimum atomic E-state index is 0.417. The van der Waals surface area contributed by atoms with Crippen LogP contribution in [0.15, 0.2) is 24.3 Å². The van der Waals surface area contributed by atoms with Crippen molar-refractivity contribution in [1.29, 1.82) is 0 Å². The molecule has 0 spiro atoms. The second-order valence-corrected chi connectivity index (χ2v) is 4.64. The third-order valence-electron chi connectivity index (χ3n) is 2.38. The van der Waals surface area contributed by atoms with Crippen molar-refractivity contribution in [3.8, 4) is 5.75 Å². The van der Waals surface area contributed by atoms with Gasteiger partial charge < -0.3 is 15.2 Å². The van der Waals surface area contributed by atoms with E-state index in [1.807, 2.05) is 37.3 Å². The van der Waals surface area contributed by atoms with E-state index in [-0.39, 0.29) is 0 Å². The molecular weight excluding hydrogens is 262 g/mol. The Hall–Kier alpha value is -2.08. The zero-order chi connectivity index (χ0) is 13.7. The Kier molecular flexibility index (Phi) is 4.35. The van der Waals surface area contributed by atoms with Crippen molar-refractivity contribution in [1.82, 2.24) is 10.2 Å². The Morgan fingerprint density at radius 1 is 1.37 bits per heavy atom. The summed E-state index contributed by atoms with van der Waals surface area (Å²) in [6.45, 7) is 2.46. The van der Waals surface area contributed by atoms with Crippen LogP contribution in [0.4, 0.5) is 5.13 Å². The predicted octanol–water partition coefficient (Wildman–Crippen LogP) is 2.66. The van der Waals surface area contributed by atoms with Gasteiger partial charge in [0.1, 0.15) is 5.75 Å². The first-order chi connectivity index (χ1) is 9.24. The summed E-state index contributed by atoms with van der Waals surface area (Å²) < 4.78 is 10.9. The van der Waals surface area contributed by atoms with Crippen LogP contribution in [0.2, 0.25) is 0 Å². The standard InChI is InChI=1S/C13H15N3O2S/c1-3-18-11(12-15-16-13(14)19-12)8-9-6-4-5-7-10(9)17-2/h4-8H,3H2,1-2H3,(H2,14,16)/b11-8-. The smallest absolute Gasteiger partial charge is 0.203 e. The fourth-order valence-electron chi connectivity index (χ4n) is 1.58. The molecule has 2 N–H and O–H groups in total. The average molecular weight is 277 g/mol. The lowest BCUT2D eigenvalue weighted by molar-refractivity contribution is 0.299. The predicted molar refractivity (Wildman–Crippen MR) is 76.8 cm³/mol. The quantitative estimate of drug-likeness (QED) is 0.851. The summed E-state index contributed by atoms with van der Waals surface area (Å²) in [5.41, 5.74) is 6.52. The number of methoxy groups -OCH3 is 1. The second kappa shape index (κ2) is 6.19. The number of nitrogens with zero attached hydrogens (tertiary/aromatic N) is 2. The topological polar surface area (TPSA) is 70.3 Å². The summed E-state index contributed by atoms with van der Waals surface area (Å²) in [4.78, 5) is 0. The minimum Gasteiger partial charge on any atom is -0.496 e. The maximum absolute atomic E-state index is 5.60. The molecule has 0 atom stereocenters. The summed E-state index contributed by atoms with van der Waals surface area (Å²) in [6.07, 6.45) is 1.88. The molecule has 0 saturated carbocycles. The number of anilines is 1. The number of rotatable bonds is 5. The zero-order valence-electron chi connectivity index (χ0n) is 10.8. The maximum Gasteiger partial charge on any atom is 0.203 e. The van der Waals surface area contributed by atoms with Crippen molar-refractivity contribution in [2.75, 3.05) is 19.5 Å². The van der Waals surface area contributed by atoms with Gasteiger partial charge in [0, 0.05) is 5.56 Å². The summed E-state index contributed by atoms with van der Waals surface area (Å²) >= 11 is 1.29. The van der Waals surface area contributed by atoms with Gasteiger partial charge in [0.25, 0.3) is 0 Å². The minimum absolute atomic E-state index is 0.417. The molecule has 0 radical (unpaired) electrons. The molecule has 5 nitrogen and oxygen atoms in total. The number of nitrogen functional groups attached to an aromatic ring is 1. The highest BCUT2D eigenvalue weighted by Crippen LogP contribution is 2.27. The number of nitrogens with two attached hydrogens (primary N) is 1. The van der Waals surface area contributed by atoms with Crippen molar-refractivity contribution in [3.63, 3.8) is 0 Å². The molecule has 0 saturated heterocycles. The summed E-state index contributed by atoms with van der Waals surface area (Å²) in [6, 6.07) is 7.69. The van der Waals surface area contributed by atoms with Crippen LogP contribution in [0.3, 0.4) is 0 Å². The van der Waals surface area contributed by atoms with Crippen LogP contribution >= 0.6 is 11.3 Å². The molecule has 0 amide bonds. The molecule has 0 unspecified atom stereocenters. The molecule has 2 aromatic rings. The maximum atomic E-state index is 5.60. The van der Waals surface area contributed by atoms with E-state index in [2.05, 4.69) is 10.2 Å². The summed E-state index contributed by atoms with van der Waals surface area (Å²) in [5, 5.41) is 8.87. The molecule has 0 aliphatic carbocycles. The lowest BCUT2D eigenvalue weighted by Gasteiger charge is -2.07. The van der Waals surface area contributed by atoms with Crippen molar-refractivity contribution in [2.24, 2.45) is 0 Å². The number of hydrogen-bond acceptors (Lipinski definition) is 6. The van der Waals surface area contributed by atoms with E-state index in [1.54, 1.807) is 7.11 Å². The van der Waals surface area contributed by atoms with Crippen LogP contribution in [0, 0.1) is 0 Å². The average Bonchev–Trinajstić information content (AvgIpc) is 2.85.